The third kappa shape index (κ3) is 4.14. The van der Waals surface area contributed by atoms with Gasteiger partial charge in [-0.3, -0.25) is 0 Å². The third-order valence-electron chi connectivity index (χ3n) is 4.48. The van der Waals surface area contributed by atoms with E-state index in [4.69, 9.17) is 21.1 Å². The lowest BCUT2D eigenvalue weighted by Crippen LogP contribution is -2.50. The Kier molecular flexibility index (Phi) is 5.65. The van der Waals surface area contributed by atoms with E-state index >= 15 is 0 Å². The fourth-order valence-electron chi connectivity index (χ4n) is 3.20. The van der Waals surface area contributed by atoms with Crippen molar-refractivity contribution in [2.45, 2.75) is 26.4 Å². The Morgan fingerprint density at radius 3 is 2.39 bits per heavy atom. The average Bonchev–Trinajstić information content (AvgIpc) is 2.65. The number of ether oxygens (including phenoxy) is 2. The molecule has 0 N–H and O–H groups in total. The molecule has 1 aromatic heterocycles. The summed E-state index contributed by atoms with van der Waals surface area (Å²) in [6.07, 6.45) is 1.25. The number of anilines is 1. The highest BCUT2D eigenvalue weighted by Gasteiger charge is 2.29. The number of rotatable bonds is 2. The number of pyridine rings is 1. The molecular weight excluding hydrogens is 382 g/mol. The highest BCUT2D eigenvalue weighted by atomic mass is 35.5. The van der Waals surface area contributed by atoms with Crippen LogP contribution >= 0.6 is 11.6 Å². The molecule has 0 atom stereocenters. The zero-order valence-electron chi connectivity index (χ0n) is 16.5. The first-order valence-corrected chi connectivity index (χ1v) is 9.47. The van der Waals surface area contributed by atoms with E-state index in [1.54, 1.807) is 17.2 Å². The minimum absolute atomic E-state index is 0.239. The van der Waals surface area contributed by atoms with Crippen LogP contribution in [0.15, 0.2) is 24.4 Å². The maximum absolute atomic E-state index is 12.3. The molecule has 1 aliphatic heterocycles. The number of piperazine rings is 1. The second-order valence-electron chi connectivity index (χ2n) is 7.60. The van der Waals surface area contributed by atoms with Gasteiger partial charge >= 0.3 is 12.1 Å². The number of carbonyl (C=O) groups excluding carboxylic acids is 2. The second kappa shape index (κ2) is 7.83. The second-order valence-corrected chi connectivity index (χ2v) is 8.01. The van der Waals surface area contributed by atoms with E-state index in [1.165, 1.54) is 7.11 Å². The molecule has 1 fully saturated rings. The Bertz CT molecular complexity index is 902. The van der Waals surface area contributed by atoms with E-state index < -0.39 is 11.6 Å². The zero-order chi connectivity index (χ0) is 20.5. The van der Waals surface area contributed by atoms with Crippen molar-refractivity contribution in [1.29, 1.82) is 0 Å². The summed E-state index contributed by atoms with van der Waals surface area (Å²) in [5.74, 6) is -0.508. The minimum atomic E-state index is -0.539. The summed E-state index contributed by atoms with van der Waals surface area (Å²) in [4.78, 5) is 32.6. The van der Waals surface area contributed by atoms with E-state index in [2.05, 4.69) is 4.98 Å². The molecule has 28 heavy (non-hydrogen) atoms. The van der Waals surface area contributed by atoms with Crippen LogP contribution in [-0.4, -0.2) is 60.8 Å². The topological polar surface area (TPSA) is 72.0 Å². The summed E-state index contributed by atoms with van der Waals surface area (Å²) < 4.78 is 10.4. The van der Waals surface area contributed by atoms with Crippen molar-refractivity contribution in [2.24, 2.45) is 0 Å². The number of aromatic nitrogens is 1. The van der Waals surface area contributed by atoms with Crippen molar-refractivity contribution in [3.8, 4) is 0 Å². The van der Waals surface area contributed by atoms with Crippen LogP contribution in [0.1, 0.15) is 31.3 Å². The Morgan fingerprint density at radius 2 is 1.79 bits per heavy atom. The predicted octanol–water partition coefficient (Wildman–Crippen LogP) is 3.73. The van der Waals surface area contributed by atoms with Crippen molar-refractivity contribution in [1.82, 2.24) is 9.88 Å². The summed E-state index contributed by atoms with van der Waals surface area (Å²) >= 11 is 6.32. The highest BCUT2D eigenvalue weighted by Crippen LogP contribution is 2.34. The summed E-state index contributed by atoms with van der Waals surface area (Å²) in [5, 5.41) is 2.16. The number of carbonyl (C=O) groups is 2. The van der Waals surface area contributed by atoms with Crippen LogP contribution in [0.4, 0.5) is 10.5 Å². The van der Waals surface area contributed by atoms with E-state index in [9.17, 15) is 9.59 Å². The number of hydrogen-bond donors (Lipinski definition) is 0. The molecule has 0 unspecified atom stereocenters. The normalized spacial score (nSPS) is 14.9. The van der Waals surface area contributed by atoms with Crippen molar-refractivity contribution in [2.75, 3.05) is 38.2 Å². The highest BCUT2D eigenvalue weighted by molar-refractivity contribution is 6.36. The molecule has 1 aliphatic rings. The molecule has 8 heteroatoms. The van der Waals surface area contributed by atoms with Crippen LogP contribution in [0.5, 0.6) is 0 Å². The molecule has 1 amide bonds. The Hall–Kier alpha value is -2.54. The standard InChI is InChI=1S/C20H24ClN3O4/c1-20(2,3)28-19(26)24-10-8-23(9-11-24)17-13-6-5-7-15(21)14(13)12-22-16(17)18(25)27-4/h5-7,12H,8-11H2,1-4H3. The maximum Gasteiger partial charge on any atom is 0.410 e. The van der Waals surface area contributed by atoms with E-state index in [1.807, 2.05) is 37.8 Å². The van der Waals surface area contributed by atoms with E-state index in [0.717, 1.165) is 10.8 Å². The van der Waals surface area contributed by atoms with Gasteiger partial charge in [-0.25, -0.2) is 14.6 Å². The van der Waals surface area contributed by atoms with Gasteiger partial charge in [0.1, 0.15) is 5.60 Å². The van der Waals surface area contributed by atoms with E-state index in [0.29, 0.717) is 36.9 Å². The number of esters is 1. The first-order valence-electron chi connectivity index (χ1n) is 9.09. The summed E-state index contributed by atoms with van der Waals surface area (Å²) in [5.41, 5.74) is 0.376. The zero-order valence-corrected chi connectivity index (χ0v) is 17.2. The quantitative estimate of drug-likeness (QED) is 0.709. The van der Waals surface area contributed by atoms with Gasteiger partial charge in [-0.05, 0) is 26.8 Å². The molecule has 0 aliphatic carbocycles. The molecule has 0 saturated carbocycles. The number of amides is 1. The van der Waals surface area contributed by atoms with Gasteiger partial charge < -0.3 is 19.3 Å². The van der Waals surface area contributed by atoms with Crippen LogP contribution in [-0.2, 0) is 9.47 Å². The molecule has 3 rings (SSSR count). The first kappa shape index (κ1) is 20.2. The van der Waals surface area contributed by atoms with Crippen LogP contribution in [0.2, 0.25) is 5.02 Å². The van der Waals surface area contributed by atoms with Crippen molar-refractivity contribution >= 4 is 40.1 Å². The number of hydrogen-bond acceptors (Lipinski definition) is 6. The fourth-order valence-corrected chi connectivity index (χ4v) is 3.42. The van der Waals surface area contributed by atoms with Gasteiger partial charge in [0.15, 0.2) is 5.69 Å². The molecule has 1 aromatic carbocycles. The van der Waals surface area contributed by atoms with Gasteiger partial charge in [-0.2, -0.15) is 0 Å². The SMILES string of the molecule is COC(=O)c1ncc2c(Cl)cccc2c1N1CCN(C(=O)OC(C)(C)C)CC1. The van der Waals surface area contributed by atoms with Crippen molar-refractivity contribution < 1.29 is 19.1 Å². The first-order chi connectivity index (χ1) is 13.2. The monoisotopic (exact) mass is 405 g/mol. The van der Waals surface area contributed by atoms with Gasteiger partial charge in [0.05, 0.1) is 17.8 Å². The molecule has 1 saturated heterocycles. The third-order valence-corrected chi connectivity index (χ3v) is 4.81. The lowest BCUT2D eigenvalue weighted by molar-refractivity contribution is 0.0240. The maximum atomic E-state index is 12.3. The summed E-state index contributed by atoms with van der Waals surface area (Å²) in [6.45, 7) is 7.56. The van der Waals surface area contributed by atoms with Crippen LogP contribution < -0.4 is 4.90 Å². The summed E-state index contributed by atoms with van der Waals surface area (Å²) in [7, 11) is 1.33. The predicted molar refractivity (Wildman–Crippen MR) is 108 cm³/mol. The van der Waals surface area contributed by atoms with Crippen molar-refractivity contribution in [3.05, 3.63) is 35.1 Å². The molecule has 150 valence electrons. The Labute approximate surface area is 169 Å². The number of methoxy groups -OCH3 is 1. The summed E-state index contributed by atoms with van der Waals surface area (Å²) in [6, 6.07) is 5.53. The van der Waals surface area contributed by atoms with Crippen LogP contribution in [0.25, 0.3) is 10.8 Å². The molecule has 0 radical (unpaired) electrons. The number of nitrogens with zero attached hydrogens (tertiary/aromatic N) is 3. The largest absolute Gasteiger partial charge is 0.464 e. The van der Waals surface area contributed by atoms with E-state index in [-0.39, 0.29) is 11.8 Å². The van der Waals surface area contributed by atoms with Gasteiger partial charge in [0.25, 0.3) is 0 Å². The smallest absolute Gasteiger partial charge is 0.410 e. The lowest BCUT2D eigenvalue weighted by atomic mass is 10.1. The van der Waals surface area contributed by atoms with Crippen LogP contribution in [0.3, 0.4) is 0 Å². The molecule has 2 aromatic rings. The number of fused-ring (bicyclic) bond motifs is 1. The fraction of sp³-hybridized carbons (Fsp3) is 0.450. The lowest BCUT2D eigenvalue weighted by Gasteiger charge is -2.37. The van der Waals surface area contributed by atoms with Gasteiger partial charge in [-0.15, -0.1) is 0 Å². The van der Waals surface area contributed by atoms with Gasteiger partial charge in [-0.1, -0.05) is 23.7 Å². The van der Waals surface area contributed by atoms with Crippen molar-refractivity contribution in [3.63, 3.8) is 0 Å². The molecule has 0 bridgehead atoms. The molecular formula is C20H24ClN3O4. The number of benzene rings is 1. The van der Waals surface area contributed by atoms with Gasteiger partial charge in [0.2, 0.25) is 0 Å². The molecule has 2 heterocycles. The number of halogens is 1. The molecule has 7 nitrogen and oxygen atoms in total. The average molecular weight is 406 g/mol. The minimum Gasteiger partial charge on any atom is -0.464 e. The Morgan fingerprint density at radius 1 is 1.11 bits per heavy atom. The Balaban J connectivity index is 1.91. The molecule has 0 spiro atoms. The van der Waals surface area contributed by atoms with Crippen LogP contribution in [0, 0.1) is 0 Å². The van der Waals surface area contributed by atoms with Gasteiger partial charge in [0, 0.05) is 43.1 Å².